The van der Waals surface area contributed by atoms with E-state index < -0.39 is 0 Å². The number of benzene rings is 2. The lowest BCUT2D eigenvalue weighted by Crippen LogP contribution is -2.31. The first kappa shape index (κ1) is 19.1. The van der Waals surface area contributed by atoms with Gasteiger partial charge in [-0.15, -0.1) is 0 Å². The predicted octanol–water partition coefficient (Wildman–Crippen LogP) is 4.15. The van der Waals surface area contributed by atoms with E-state index in [9.17, 15) is 4.79 Å². The number of hydrogen-bond acceptors (Lipinski definition) is 5. The molecule has 6 nitrogen and oxygen atoms in total. The van der Waals surface area contributed by atoms with Crippen molar-refractivity contribution in [2.45, 2.75) is 25.9 Å². The van der Waals surface area contributed by atoms with E-state index in [1.165, 1.54) is 5.56 Å². The van der Waals surface area contributed by atoms with Crippen LogP contribution >= 0.6 is 0 Å². The summed E-state index contributed by atoms with van der Waals surface area (Å²) < 4.78 is 11.4. The quantitative estimate of drug-likeness (QED) is 0.685. The van der Waals surface area contributed by atoms with Gasteiger partial charge in [-0.3, -0.25) is 4.79 Å². The van der Waals surface area contributed by atoms with Gasteiger partial charge in [0.15, 0.2) is 5.82 Å². The number of amides is 1. The molecule has 4 rings (SSSR count). The summed E-state index contributed by atoms with van der Waals surface area (Å²) in [5.74, 6) is 1.41. The molecule has 0 bridgehead atoms. The highest BCUT2D eigenvalue weighted by Gasteiger charge is 2.17. The van der Waals surface area contributed by atoms with Gasteiger partial charge in [-0.2, -0.15) is 4.98 Å². The van der Waals surface area contributed by atoms with E-state index in [1.54, 1.807) is 36.5 Å². The van der Waals surface area contributed by atoms with Crippen molar-refractivity contribution in [1.82, 2.24) is 15.3 Å². The molecule has 1 aromatic heterocycles. The molecule has 3 aromatic rings. The highest BCUT2D eigenvalue weighted by Crippen LogP contribution is 2.23. The Labute approximate surface area is 169 Å². The lowest BCUT2D eigenvalue weighted by molar-refractivity contribution is 0.0857. The summed E-state index contributed by atoms with van der Waals surface area (Å²) in [6, 6.07) is 16.7. The lowest BCUT2D eigenvalue weighted by atomic mass is 10.1. The van der Waals surface area contributed by atoms with Crippen LogP contribution < -0.4 is 10.1 Å². The van der Waals surface area contributed by atoms with Crippen molar-refractivity contribution in [3.63, 3.8) is 0 Å². The summed E-state index contributed by atoms with van der Waals surface area (Å²) in [5.41, 5.74) is 2.63. The molecule has 0 spiro atoms. The topological polar surface area (TPSA) is 73.3 Å². The van der Waals surface area contributed by atoms with Crippen molar-refractivity contribution in [3.8, 4) is 23.0 Å². The number of nitrogens with zero attached hydrogens (tertiary/aromatic N) is 2. The van der Waals surface area contributed by atoms with Crippen molar-refractivity contribution in [2.75, 3.05) is 13.2 Å². The van der Waals surface area contributed by atoms with E-state index in [0.717, 1.165) is 25.0 Å². The van der Waals surface area contributed by atoms with Crippen molar-refractivity contribution in [2.24, 2.45) is 0 Å². The minimum atomic E-state index is -0.144. The molecule has 1 unspecified atom stereocenters. The number of rotatable bonds is 6. The third-order valence-electron chi connectivity index (χ3n) is 4.77. The van der Waals surface area contributed by atoms with Crippen molar-refractivity contribution < 1.29 is 14.3 Å². The Balaban J connectivity index is 1.44. The molecule has 29 heavy (non-hydrogen) atoms. The maximum Gasteiger partial charge on any atom is 0.251 e. The molecule has 0 radical (unpaired) electrons. The molecule has 1 saturated heterocycles. The van der Waals surface area contributed by atoms with Crippen LogP contribution in [0.1, 0.15) is 28.8 Å². The number of aryl methyl sites for hydroxylation is 1. The highest BCUT2D eigenvalue weighted by molar-refractivity contribution is 5.94. The maximum absolute atomic E-state index is 12.4. The van der Waals surface area contributed by atoms with Gasteiger partial charge in [0, 0.05) is 36.5 Å². The molecular formula is C23H23N3O3. The second kappa shape index (κ2) is 8.84. The first-order valence-electron chi connectivity index (χ1n) is 9.75. The van der Waals surface area contributed by atoms with Gasteiger partial charge in [-0.05, 0) is 38.0 Å². The Kier molecular flexibility index (Phi) is 5.81. The molecule has 1 aliphatic rings. The van der Waals surface area contributed by atoms with Crippen LogP contribution in [0.15, 0.2) is 60.8 Å². The zero-order chi connectivity index (χ0) is 20.1. The van der Waals surface area contributed by atoms with E-state index in [-0.39, 0.29) is 12.0 Å². The normalized spacial score (nSPS) is 15.8. The van der Waals surface area contributed by atoms with Gasteiger partial charge in [-0.25, -0.2) is 4.98 Å². The third kappa shape index (κ3) is 4.97. The number of carbonyl (C=O) groups is 1. The van der Waals surface area contributed by atoms with Crippen LogP contribution in [0.5, 0.6) is 11.6 Å². The number of ether oxygens (including phenoxy) is 2. The average Bonchev–Trinajstić information content (AvgIpc) is 3.27. The lowest BCUT2D eigenvalue weighted by Gasteiger charge is -2.11. The van der Waals surface area contributed by atoms with Crippen molar-refractivity contribution in [3.05, 3.63) is 71.9 Å². The van der Waals surface area contributed by atoms with Crippen LogP contribution in [0, 0.1) is 6.92 Å². The van der Waals surface area contributed by atoms with E-state index in [4.69, 9.17) is 9.47 Å². The first-order chi connectivity index (χ1) is 14.2. The molecule has 2 heterocycles. The van der Waals surface area contributed by atoms with Crippen LogP contribution in [0.4, 0.5) is 0 Å². The van der Waals surface area contributed by atoms with E-state index in [2.05, 4.69) is 15.3 Å². The maximum atomic E-state index is 12.4. The van der Waals surface area contributed by atoms with Gasteiger partial charge >= 0.3 is 0 Å². The number of aromatic nitrogens is 2. The summed E-state index contributed by atoms with van der Waals surface area (Å²) in [6.07, 6.45) is 3.81. The fourth-order valence-corrected chi connectivity index (χ4v) is 3.18. The molecule has 0 saturated carbocycles. The molecule has 6 heteroatoms. The molecule has 1 atom stereocenters. The van der Waals surface area contributed by atoms with Crippen molar-refractivity contribution in [1.29, 1.82) is 0 Å². The van der Waals surface area contributed by atoms with Crippen LogP contribution in [0.3, 0.4) is 0 Å². The largest absolute Gasteiger partial charge is 0.439 e. The molecule has 0 aliphatic carbocycles. The molecule has 148 valence electrons. The molecular weight excluding hydrogens is 366 g/mol. The zero-order valence-electron chi connectivity index (χ0n) is 16.3. The van der Waals surface area contributed by atoms with Gasteiger partial charge in [0.25, 0.3) is 5.91 Å². The Hall–Kier alpha value is -3.25. The molecule has 1 aliphatic heterocycles. The minimum Gasteiger partial charge on any atom is -0.439 e. The Bertz CT molecular complexity index is 983. The molecule has 1 amide bonds. The van der Waals surface area contributed by atoms with Gasteiger partial charge < -0.3 is 14.8 Å². The number of carbonyl (C=O) groups excluding carboxylic acids is 1. The van der Waals surface area contributed by atoms with E-state index in [0.29, 0.717) is 29.6 Å². The van der Waals surface area contributed by atoms with Crippen LogP contribution in [0.2, 0.25) is 0 Å². The Morgan fingerprint density at radius 2 is 2.07 bits per heavy atom. The highest BCUT2D eigenvalue weighted by atomic mass is 16.5. The van der Waals surface area contributed by atoms with E-state index >= 15 is 0 Å². The SMILES string of the molecule is Cc1ccc(-c2nccc(Oc3cccc(C(=O)NCC4CCCO4)c3)n2)cc1. The van der Waals surface area contributed by atoms with Crippen LogP contribution in [0.25, 0.3) is 11.4 Å². The van der Waals surface area contributed by atoms with Crippen LogP contribution in [-0.4, -0.2) is 35.1 Å². The second-order valence-corrected chi connectivity index (χ2v) is 7.06. The first-order valence-corrected chi connectivity index (χ1v) is 9.75. The van der Waals surface area contributed by atoms with Gasteiger partial charge in [-0.1, -0.05) is 35.9 Å². The summed E-state index contributed by atoms with van der Waals surface area (Å²) in [7, 11) is 0. The Morgan fingerprint density at radius 3 is 2.86 bits per heavy atom. The fourth-order valence-electron chi connectivity index (χ4n) is 3.18. The monoisotopic (exact) mass is 389 g/mol. The number of hydrogen-bond donors (Lipinski definition) is 1. The van der Waals surface area contributed by atoms with Crippen LogP contribution in [-0.2, 0) is 4.74 Å². The number of nitrogens with one attached hydrogen (secondary N) is 1. The predicted molar refractivity (Wildman–Crippen MR) is 110 cm³/mol. The third-order valence-corrected chi connectivity index (χ3v) is 4.77. The molecule has 1 fully saturated rings. The van der Waals surface area contributed by atoms with Gasteiger partial charge in [0.1, 0.15) is 5.75 Å². The summed E-state index contributed by atoms with van der Waals surface area (Å²) in [6.45, 7) is 3.33. The fraction of sp³-hybridized carbons (Fsp3) is 0.261. The zero-order valence-corrected chi connectivity index (χ0v) is 16.3. The van der Waals surface area contributed by atoms with Gasteiger partial charge in [0.05, 0.1) is 6.10 Å². The average molecular weight is 389 g/mol. The molecule has 2 aromatic carbocycles. The Morgan fingerprint density at radius 1 is 1.21 bits per heavy atom. The molecule has 1 N–H and O–H groups in total. The van der Waals surface area contributed by atoms with Crippen molar-refractivity contribution >= 4 is 5.91 Å². The minimum absolute atomic E-state index is 0.111. The summed E-state index contributed by atoms with van der Waals surface area (Å²) in [5, 5.41) is 2.92. The van der Waals surface area contributed by atoms with Gasteiger partial charge in [0.2, 0.25) is 5.88 Å². The summed E-state index contributed by atoms with van der Waals surface area (Å²) >= 11 is 0. The standard InChI is InChI=1S/C23H23N3O3/c1-16-7-9-17(10-8-16)22-24-12-11-21(26-22)29-19-5-2-4-18(14-19)23(27)25-15-20-6-3-13-28-20/h2,4-5,7-12,14,20H,3,6,13,15H2,1H3,(H,25,27). The summed E-state index contributed by atoms with van der Waals surface area (Å²) in [4.78, 5) is 21.2. The second-order valence-electron chi connectivity index (χ2n) is 7.06. The van der Waals surface area contributed by atoms with E-state index in [1.807, 2.05) is 31.2 Å². The smallest absolute Gasteiger partial charge is 0.251 e.